The van der Waals surface area contributed by atoms with Crippen LogP contribution in [0, 0.1) is 13.8 Å². The number of hydrogen-bond acceptors (Lipinski definition) is 3. The fourth-order valence-electron chi connectivity index (χ4n) is 1.75. The summed E-state index contributed by atoms with van der Waals surface area (Å²) in [5, 5.41) is 3.41. The third-order valence-electron chi connectivity index (χ3n) is 2.56. The molecular formula is C13H23N3O. The van der Waals surface area contributed by atoms with Crippen molar-refractivity contribution >= 4 is 0 Å². The van der Waals surface area contributed by atoms with Crippen LogP contribution in [0.2, 0.25) is 0 Å². The van der Waals surface area contributed by atoms with E-state index in [0.717, 1.165) is 30.9 Å². The van der Waals surface area contributed by atoms with Gasteiger partial charge in [-0.15, -0.1) is 0 Å². The van der Waals surface area contributed by atoms with Gasteiger partial charge in [0, 0.05) is 23.5 Å². The molecule has 1 aromatic heterocycles. The molecule has 0 aliphatic rings. The van der Waals surface area contributed by atoms with E-state index in [4.69, 9.17) is 0 Å². The summed E-state index contributed by atoms with van der Waals surface area (Å²) in [5.74, 6) is 0. The molecule has 0 aliphatic heterocycles. The van der Waals surface area contributed by atoms with E-state index in [1.807, 2.05) is 19.9 Å². The van der Waals surface area contributed by atoms with E-state index in [-0.39, 0.29) is 11.2 Å². The van der Waals surface area contributed by atoms with Gasteiger partial charge in [-0.25, -0.2) is 4.79 Å². The van der Waals surface area contributed by atoms with Gasteiger partial charge in [-0.3, -0.25) is 4.57 Å². The summed E-state index contributed by atoms with van der Waals surface area (Å²) in [4.78, 5) is 15.6. The molecule has 4 heteroatoms. The summed E-state index contributed by atoms with van der Waals surface area (Å²) in [5.41, 5.74) is 1.76. The molecule has 4 nitrogen and oxygen atoms in total. The lowest BCUT2D eigenvalue weighted by atomic mass is 10.1. The van der Waals surface area contributed by atoms with Crippen molar-refractivity contribution in [2.75, 3.05) is 6.54 Å². The lowest BCUT2D eigenvalue weighted by Gasteiger charge is -2.20. The quantitative estimate of drug-likeness (QED) is 0.810. The number of nitrogens with zero attached hydrogens (tertiary/aromatic N) is 2. The molecule has 0 fully saturated rings. The highest BCUT2D eigenvalue weighted by atomic mass is 16.1. The molecule has 0 atom stereocenters. The van der Waals surface area contributed by atoms with E-state index >= 15 is 0 Å². The summed E-state index contributed by atoms with van der Waals surface area (Å²) in [6, 6.07) is 1.94. The molecule has 0 aromatic carbocycles. The zero-order valence-corrected chi connectivity index (χ0v) is 11.5. The molecule has 1 N–H and O–H groups in total. The van der Waals surface area contributed by atoms with Crippen LogP contribution in [0.1, 0.15) is 38.6 Å². The van der Waals surface area contributed by atoms with Gasteiger partial charge in [-0.1, -0.05) is 0 Å². The van der Waals surface area contributed by atoms with Gasteiger partial charge in [0.25, 0.3) is 0 Å². The minimum Gasteiger partial charge on any atom is -0.312 e. The molecule has 0 radical (unpaired) electrons. The Morgan fingerprint density at radius 3 is 2.53 bits per heavy atom. The van der Waals surface area contributed by atoms with E-state index in [1.54, 1.807) is 4.57 Å². The Bertz CT molecular complexity index is 429. The second-order valence-electron chi connectivity index (χ2n) is 5.50. The number of aryl methyl sites for hydroxylation is 2. The normalized spacial score (nSPS) is 11.8. The molecule has 1 aromatic rings. The molecule has 1 rings (SSSR count). The third-order valence-corrected chi connectivity index (χ3v) is 2.56. The molecule has 1 heterocycles. The predicted octanol–water partition coefficient (Wildman–Crippen LogP) is 1.64. The van der Waals surface area contributed by atoms with E-state index in [0.29, 0.717) is 0 Å². The van der Waals surface area contributed by atoms with Crippen LogP contribution in [-0.2, 0) is 6.54 Å². The average molecular weight is 237 g/mol. The van der Waals surface area contributed by atoms with Gasteiger partial charge in [0.15, 0.2) is 0 Å². The van der Waals surface area contributed by atoms with Crippen molar-refractivity contribution in [2.45, 2.75) is 53.1 Å². The van der Waals surface area contributed by atoms with Crippen LogP contribution in [0.15, 0.2) is 10.9 Å². The van der Waals surface area contributed by atoms with Crippen molar-refractivity contribution in [3.63, 3.8) is 0 Å². The molecule has 0 spiro atoms. The van der Waals surface area contributed by atoms with Gasteiger partial charge in [0.2, 0.25) is 0 Å². The SMILES string of the molecule is Cc1cc(C)n(CCCNC(C)(C)C)c(=O)n1. The molecule has 0 aliphatic carbocycles. The van der Waals surface area contributed by atoms with Crippen molar-refractivity contribution in [3.05, 3.63) is 27.9 Å². The van der Waals surface area contributed by atoms with Crippen LogP contribution in [0.3, 0.4) is 0 Å². The maximum absolute atomic E-state index is 11.7. The third kappa shape index (κ3) is 4.69. The first-order valence-corrected chi connectivity index (χ1v) is 6.10. The monoisotopic (exact) mass is 237 g/mol. The second kappa shape index (κ2) is 5.45. The minimum absolute atomic E-state index is 0.130. The molecule has 17 heavy (non-hydrogen) atoms. The molecule has 0 saturated heterocycles. The van der Waals surface area contributed by atoms with Crippen molar-refractivity contribution < 1.29 is 0 Å². The van der Waals surface area contributed by atoms with Crippen LogP contribution < -0.4 is 11.0 Å². The van der Waals surface area contributed by atoms with Crippen LogP contribution in [0.25, 0.3) is 0 Å². The van der Waals surface area contributed by atoms with Crippen molar-refractivity contribution in [1.82, 2.24) is 14.9 Å². The number of hydrogen-bond donors (Lipinski definition) is 1. The van der Waals surface area contributed by atoms with Crippen LogP contribution in [0.5, 0.6) is 0 Å². The fourth-order valence-corrected chi connectivity index (χ4v) is 1.75. The van der Waals surface area contributed by atoms with Crippen molar-refractivity contribution in [2.24, 2.45) is 0 Å². The lowest BCUT2D eigenvalue weighted by Crippen LogP contribution is -2.37. The number of aromatic nitrogens is 2. The maximum atomic E-state index is 11.7. The highest BCUT2D eigenvalue weighted by Gasteiger charge is 2.08. The molecule has 0 bridgehead atoms. The Hall–Kier alpha value is -1.16. The molecule has 96 valence electrons. The minimum atomic E-state index is -0.141. The summed E-state index contributed by atoms with van der Waals surface area (Å²) in [6.07, 6.45) is 0.933. The Kier molecular flexibility index (Phi) is 4.46. The van der Waals surface area contributed by atoms with Crippen molar-refractivity contribution in [3.8, 4) is 0 Å². The van der Waals surface area contributed by atoms with Gasteiger partial charge >= 0.3 is 5.69 Å². The van der Waals surface area contributed by atoms with Gasteiger partial charge in [0.05, 0.1) is 0 Å². The van der Waals surface area contributed by atoms with E-state index in [2.05, 4.69) is 31.1 Å². The smallest absolute Gasteiger partial charge is 0.312 e. The Balaban J connectivity index is 2.56. The first-order valence-electron chi connectivity index (χ1n) is 6.10. The summed E-state index contributed by atoms with van der Waals surface area (Å²) < 4.78 is 1.73. The zero-order chi connectivity index (χ0) is 13.1. The van der Waals surface area contributed by atoms with Crippen LogP contribution in [0.4, 0.5) is 0 Å². The molecular weight excluding hydrogens is 214 g/mol. The first kappa shape index (κ1) is 13.9. The van der Waals surface area contributed by atoms with Gasteiger partial charge in [-0.2, -0.15) is 4.98 Å². The predicted molar refractivity (Wildman–Crippen MR) is 70.3 cm³/mol. The second-order valence-corrected chi connectivity index (χ2v) is 5.50. The van der Waals surface area contributed by atoms with Gasteiger partial charge in [-0.05, 0) is 53.7 Å². The molecule has 0 saturated carbocycles. The number of nitrogens with one attached hydrogen (secondary N) is 1. The summed E-state index contributed by atoms with van der Waals surface area (Å²) in [6.45, 7) is 11.8. The summed E-state index contributed by atoms with van der Waals surface area (Å²) >= 11 is 0. The van der Waals surface area contributed by atoms with Crippen LogP contribution in [-0.4, -0.2) is 21.6 Å². The summed E-state index contributed by atoms with van der Waals surface area (Å²) in [7, 11) is 0. The molecule has 0 amide bonds. The highest BCUT2D eigenvalue weighted by Crippen LogP contribution is 2.00. The Morgan fingerprint density at radius 1 is 1.35 bits per heavy atom. The Morgan fingerprint density at radius 2 is 2.00 bits per heavy atom. The van der Waals surface area contributed by atoms with Crippen LogP contribution >= 0.6 is 0 Å². The van der Waals surface area contributed by atoms with E-state index in [9.17, 15) is 4.79 Å². The topological polar surface area (TPSA) is 46.9 Å². The Labute approximate surface area is 103 Å². The first-order chi connectivity index (χ1) is 7.79. The zero-order valence-electron chi connectivity index (χ0n) is 11.5. The lowest BCUT2D eigenvalue weighted by molar-refractivity contribution is 0.411. The van der Waals surface area contributed by atoms with Gasteiger partial charge in [0.1, 0.15) is 0 Å². The largest absolute Gasteiger partial charge is 0.347 e. The standard InChI is InChI=1S/C13H23N3O/c1-10-9-11(2)16(12(17)15-10)8-6-7-14-13(3,4)5/h9,14H,6-8H2,1-5H3. The maximum Gasteiger partial charge on any atom is 0.347 e. The molecule has 0 unspecified atom stereocenters. The van der Waals surface area contributed by atoms with E-state index in [1.165, 1.54) is 0 Å². The highest BCUT2D eigenvalue weighted by molar-refractivity contribution is 5.06. The van der Waals surface area contributed by atoms with Crippen molar-refractivity contribution in [1.29, 1.82) is 0 Å². The fraction of sp³-hybridized carbons (Fsp3) is 0.692. The van der Waals surface area contributed by atoms with Gasteiger partial charge < -0.3 is 5.32 Å². The average Bonchev–Trinajstić information content (AvgIpc) is 2.13. The van der Waals surface area contributed by atoms with E-state index < -0.39 is 0 Å². The number of rotatable bonds is 4.